The highest BCUT2D eigenvalue weighted by Crippen LogP contribution is 2.15. The first kappa shape index (κ1) is 15.9. The maximum atomic E-state index is 11.4. The Morgan fingerprint density at radius 2 is 1.91 bits per heavy atom. The number of nitrogens with two attached hydrogens (primary N) is 1. The highest BCUT2D eigenvalue weighted by atomic mass is 16.1. The zero-order valence-electron chi connectivity index (χ0n) is 12.6. The van der Waals surface area contributed by atoms with Gasteiger partial charge in [0.05, 0.1) is 5.69 Å². The number of nitrogens with one attached hydrogen (secondary N) is 2. The summed E-state index contributed by atoms with van der Waals surface area (Å²) in [5.41, 5.74) is 7.42. The third-order valence-corrected chi connectivity index (χ3v) is 2.99. The Labute approximate surface area is 130 Å². The van der Waals surface area contributed by atoms with Crippen LogP contribution in [0.2, 0.25) is 0 Å². The van der Waals surface area contributed by atoms with Crippen LogP contribution in [0.15, 0.2) is 42.5 Å². The van der Waals surface area contributed by atoms with Crippen LogP contribution in [0.1, 0.15) is 13.3 Å². The van der Waals surface area contributed by atoms with Gasteiger partial charge in [-0.05, 0) is 19.1 Å². The van der Waals surface area contributed by atoms with Gasteiger partial charge in [0.25, 0.3) is 0 Å². The molecule has 0 saturated heterocycles. The summed E-state index contributed by atoms with van der Waals surface area (Å²) in [6.45, 7) is 2.92. The largest absolute Gasteiger partial charge is 0.367 e. The maximum Gasteiger partial charge on any atom is 0.221 e. The van der Waals surface area contributed by atoms with Crippen LogP contribution in [-0.4, -0.2) is 35.2 Å². The SMILES string of the molecule is CC(N)CC(=O)NCCNc1ccc(-c2ccccc2)nn1. The van der Waals surface area contributed by atoms with Crippen LogP contribution in [0, 0.1) is 0 Å². The lowest BCUT2D eigenvalue weighted by atomic mass is 10.1. The summed E-state index contributed by atoms with van der Waals surface area (Å²) in [6.07, 6.45) is 0.339. The van der Waals surface area contributed by atoms with Crippen molar-refractivity contribution in [2.75, 3.05) is 18.4 Å². The first-order valence-corrected chi connectivity index (χ1v) is 7.30. The summed E-state index contributed by atoms with van der Waals surface area (Å²) in [6, 6.07) is 13.5. The Morgan fingerprint density at radius 3 is 2.55 bits per heavy atom. The molecule has 0 radical (unpaired) electrons. The second kappa shape index (κ2) is 8.09. The number of benzene rings is 1. The first-order chi connectivity index (χ1) is 10.6. The second-order valence-electron chi connectivity index (χ2n) is 5.13. The number of rotatable bonds is 7. The molecule has 2 aromatic rings. The van der Waals surface area contributed by atoms with Gasteiger partial charge in [0.1, 0.15) is 5.82 Å². The second-order valence-corrected chi connectivity index (χ2v) is 5.13. The number of carbonyl (C=O) groups excluding carboxylic acids is 1. The van der Waals surface area contributed by atoms with Crippen molar-refractivity contribution in [3.8, 4) is 11.3 Å². The molecule has 0 aliphatic rings. The molecule has 0 aliphatic carbocycles. The molecule has 1 unspecified atom stereocenters. The molecule has 0 bridgehead atoms. The number of nitrogens with zero attached hydrogens (tertiary/aromatic N) is 2. The monoisotopic (exact) mass is 299 g/mol. The Kier molecular flexibility index (Phi) is 5.85. The number of aromatic nitrogens is 2. The molecule has 0 saturated carbocycles. The molecule has 1 atom stereocenters. The number of hydrogen-bond acceptors (Lipinski definition) is 5. The molecule has 1 aromatic carbocycles. The molecule has 1 heterocycles. The van der Waals surface area contributed by atoms with E-state index in [1.807, 2.05) is 49.4 Å². The van der Waals surface area contributed by atoms with Crippen molar-refractivity contribution >= 4 is 11.7 Å². The molecule has 0 fully saturated rings. The lowest BCUT2D eigenvalue weighted by Gasteiger charge is -2.08. The van der Waals surface area contributed by atoms with Crippen molar-refractivity contribution in [3.63, 3.8) is 0 Å². The molecule has 6 nitrogen and oxygen atoms in total. The van der Waals surface area contributed by atoms with Gasteiger partial charge in [-0.25, -0.2) is 0 Å². The van der Waals surface area contributed by atoms with E-state index in [2.05, 4.69) is 20.8 Å². The topological polar surface area (TPSA) is 92.9 Å². The van der Waals surface area contributed by atoms with Gasteiger partial charge in [-0.15, -0.1) is 10.2 Å². The molecular weight excluding hydrogens is 278 g/mol. The smallest absolute Gasteiger partial charge is 0.221 e. The van der Waals surface area contributed by atoms with Crippen molar-refractivity contribution in [1.82, 2.24) is 15.5 Å². The summed E-state index contributed by atoms with van der Waals surface area (Å²) in [5, 5.41) is 14.2. The average molecular weight is 299 g/mol. The van der Waals surface area contributed by atoms with Gasteiger partial charge in [-0.2, -0.15) is 0 Å². The van der Waals surface area contributed by atoms with E-state index < -0.39 is 0 Å². The highest BCUT2D eigenvalue weighted by molar-refractivity contribution is 5.76. The van der Waals surface area contributed by atoms with Crippen LogP contribution in [0.5, 0.6) is 0 Å². The number of amides is 1. The molecule has 0 aliphatic heterocycles. The minimum atomic E-state index is -0.121. The Balaban J connectivity index is 1.76. The lowest BCUT2D eigenvalue weighted by molar-refractivity contribution is -0.121. The Bertz CT molecular complexity index is 583. The molecule has 2 rings (SSSR count). The van der Waals surface area contributed by atoms with Gasteiger partial charge in [0.15, 0.2) is 0 Å². The zero-order valence-corrected chi connectivity index (χ0v) is 12.6. The minimum Gasteiger partial charge on any atom is -0.367 e. The summed E-state index contributed by atoms with van der Waals surface area (Å²) < 4.78 is 0. The van der Waals surface area contributed by atoms with Crippen molar-refractivity contribution in [2.45, 2.75) is 19.4 Å². The van der Waals surface area contributed by atoms with Crippen LogP contribution in [-0.2, 0) is 4.79 Å². The van der Waals surface area contributed by atoms with Crippen molar-refractivity contribution in [2.24, 2.45) is 5.73 Å². The van der Waals surface area contributed by atoms with Crippen LogP contribution >= 0.6 is 0 Å². The summed E-state index contributed by atoms with van der Waals surface area (Å²) in [4.78, 5) is 11.4. The first-order valence-electron chi connectivity index (χ1n) is 7.30. The van der Waals surface area contributed by atoms with Crippen LogP contribution in [0.3, 0.4) is 0 Å². The third kappa shape index (κ3) is 5.14. The lowest BCUT2D eigenvalue weighted by Crippen LogP contribution is -2.33. The minimum absolute atomic E-state index is 0.0395. The molecule has 1 aromatic heterocycles. The predicted octanol–water partition coefficient (Wildman–Crippen LogP) is 1.41. The summed E-state index contributed by atoms with van der Waals surface area (Å²) >= 11 is 0. The molecule has 1 amide bonds. The fourth-order valence-electron chi connectivity index (χ4n) is 1.95. The number of anilines is 1. The van der Waals surface area contributed by atoms with E-state index in [0.717, 1.165) is 11.3 Å². The molecule has 0 spiro atoms. The molecule has 6 heteroatoms. The molecule has 4 N–H and O–H groups in total. The van der Waals surface area contributed by atoms with E-state index in [9.17, 15) is 4.79 Å². The maximum absolute atomic E-state index is 11.4. The van der Waals surface area contributed by atoms with E-state index in [1.54, 1.807) is 0 Å². The molecular formula is C16H21N5O. The Morgan fingerprint density at radius 1 is 1.14 bits per heavy atom. The van der Waals surface area contributed by atoms with Crippen LogP contribution in [0.4, 0.5) is 5.82 Å². The average Bonchev–Trinajstić information content (AvgIpc) is 2.52. The Hall–Kier alpha value is -2.47. The molecule has 22 heavy (non-hydrogen) atoms. The zero-order chi connectivity index (χ0) is 15.8. The van der Waals surface area contributed by atoms with E-state index in [1.165, 1.54) is 0 Å². The fraction of sp³-hybridized carbons (Fsp3) is 0.312. The van der Waals surface area contributed by atoms with Crippen molar-refractivity contribution in [3.05, 3.63) is 42.5 Å². The van der Waals surface area contributed by atoms with Crippen LogP contribution < -0.4 is 16.4 Å². The summed E-state index contributed by atoms with van der Waals surface area (Å²) in [5.74, 6) is 0.642. The fourth-order valence-corrected chi connectivity index (χ4v) is 1.95. The van der Waals surface area contributed by atoms with Crippen molar-refractivity contribution in [1.29, 1.82) is 0 Å². The van der Waals surface area contributed by atoms with E-state index in [4.69, 9.17) is 5.73 Å². The predicted molar refractivity (Wildman–Crippen MR) is 87.2 cm³/mol. The summed E-state index contributed by atoms with van der Waals surface area (Å²) in [7, 11) is 0. The van der Waals surface area contributed by atoms with E-state index >= 15 is 0 Å². The van der Waals surface area contributed by atoms with Crippen LogP contribution in [0.25, 0.3) is 11.3 Å². The van der Waals surface area contributed by atoms with Gasteiger partial charge in [-0.3, -0.25) is 4.79 Å². The number of carbonyl (C=O) groups is 1. The van der Waals surface area contributed by atoms with Gasteiger partial charge < -0.3 is 16.4 Å². The van der Waals surface area contributed by atoms with Crippen molar-refractivity contribution < 1.29 is 4.79 Å². The van der Waals surface area contributed by atoms with Gasteiger partial charge in [-0.1, -0.05) is 30.3 Å². The highest BCUT2D eigenvalue weighted by Gasteiger charge is 2.04. The standard InChI is InChI=1S/C16H21N5O/c1-12(17)11-16(22)19-10-9-18-15-8-7-14(20-21-15)13-5-3-2-4-6-13/h2-8,12H,9-11,17H2,1H3,(H,18,21)(H,19,22). The third-order valence-electron chi connectivity index (χ3n) is 2.99. The van der Waals surface area contributed by atoms with Gasteiger partial charge >= 0.3 is 0 Å². The number of hydrogen-bond donors (Lipinski definition) is 3. The van der Waals surface area contributed by atoms with Gasteiger partial charge in [0.2, 0.25) is 5.91 Å². The normalized spacial score (nSPS) is 11.7. The van der Waals surface area contributed by atoms with Gasteiger partial charge in [0, 0.05) is 31.1 Å². The van der Waals surface area contributed by atoms with E-state index in [-0.39, 0.29) is 11.9 Å². The quantitative estimate of drug-likeness (QED) is 0.672. The molecule has 116 valence electrons. The van der Waals surface area contributed by atoms with E-state index in [0.29, 0.717) is 25.3 Å².